The predicted molar refractivity (Wildman–Crippen MR) is 22.6 cm³/mol. The molecule has 0 aliphatic rings. The van der Waals surface area contributed by atoms with Crippen LogP contribution in [0.15, 0.2) is 0 Å². The number of rotatable bonds is 2. The van der Waals surface area contributed by atoms with Crippen LogP contribution in [-0.2, 0) is 4.10 Å². The molecule has 0 unspecified atom stereocenters. The van der Waals surface area contributed by atoms with Crippen molar-refractivity contribution in [2.75, 3.05) is 6.26 Å². The summed E-state index contributed by atoms with van der Waals surface area (Å²) < 4.78 is 4.18. The molecule has 0 rings (SSSR count). The van der Waals surface area contributed by atoms with Crippen LogP contribution in [0.1, 0.15) is 0 Å². The quantitative estimate of drug-likeness (QED) is 0.377. The summed E-state index contributed by atoms with van der Waals surface area (Å²) in [4.78, 5) is 0. The van der Waals surface area contributed by atoms with Gasteiger partial charge in [-0.05, 0) is 12.0 Å². The maximum atomic E-state index is 7.70. The lowest BCUT2D eigenvalue weighted by Crippen LogP contribution is -1.84. The van der Waals surface area contributed by atoms with E-state index in [4.69, 9.17) is 5.02 Å². The summed E-state index contributed by atoms with van der Waals surface area (Å²) in [5.74, 6) is 0. The Morgan fingerprint density at radius 1 is 2.00 bits per heavy atom. The summed E-state index contributed by atoms with van der Waals surface area (Å²) in [6.07, 6.45) is 1.72. The largest absolute Gasteiger partial charge is 0.497 e. The van der Waals surface area contributed by atoms with Gasteiger partial charge in [-0.15, -0.1) is 0 Å². The first-order valence-corrected chi connectivity index (χ1v) is 2.22. The van der Waals surface area contributed by atoms with Crippen LogP contribution in [0.5, 0.6) is 0 Å². The second-order valence-corrected chi connectivity index (χ2v) is 0.894. The fourth-order valence-electron chi connectivity index (χ4n) is 0.0430. The average molecular weight is 90.9 g/mol. The highest BCUT2D eigenvalue weighted by atomic mass is 32.2. The van der Waals surface area contributed by atoms with E-state index in [1.807, 2.05) is 0 Å². The SMILES string of the molecule is CSO[B]O. The van der Waals surface area contributed by atoms with Gasteiger partial charge in [0.15, 0.2) is 0 Å². The minimum Gasteiger partial charge on any atom is -0.428 e. The molecule has 0 bridgehead atoms. The van der Waals surface area contributed by atoms with Gasteiger partial charge in [-0.1, -0.05) is 0 Å². The first-order chi connectivity index (χ1) is 2.41. The molecule has 0 aliphatic carbocycles. The van der Waals surface area contributed by atoms with Gasteiger partial charge in [0, 0.05) is 6.26 Å². The zero-order valence-electron chi connectivity index (χ0n) is 2.84. The first kappa shape index (κ1) is 5.33. The Morgan fingerprint density at radius 3 is 2.60 bits per heavy atom. The molecule has 0 aromatic rings. The minimum atomic E-state index is 0.644. The average Bonchev–Trinajstić information content (AvgIpc) is 1.41. The Bertz CT molecular complexity index is 17.1. The minimum absolute atomic E-state index is 0.644. The summed E-state index contributed by atoms with van der Waals surface area (Å²) in [5, 5.41) is 7.70. The van der Waals surface area contributed by atoms with E-state index < -0.39 is 0 Å². The van der Waals surface area contributed by atoms with Gasteiger partial charge in [-0.3, -0.25) is 0 Å². The first-order valence-electron chi connectivity index (χ1n) is 1.07. The molecule has 1 N–H and O–H groups in total. The van der Waals surface area contributed by atoms with Gasteiger partial charge in [-0.2, -0.15) is 0 Å². The summed E-state index contributed by atoms with van der Waals surface area (Å²) in [7, 11) is 0.644. The van der Waals surface area contributed by atoms with Gasteiger partial charge in [-0.25, -0.2) is 0 Å². The number of hydrogen-bond acceptors (Lipinski definition) is 3. The third-order valence-corrected chi connectivity index (χ3v) is 0.418. The molecule has 0 aromatic carbocycles. The Labute approximate surface area is 36.0 Å². The molecule has 0 heterocycles. The predicted octanol–water partition coefficient (Wildman–Crippen LogP) is -0.193. The molecule has 0 fully saturated rings. The van der Waals surface area contributed by atoms with E-state index in [-0.39, 0.29) is 0 Å². The van der Waals surface area contributed by atoms with Crippen molar-refractivity contribution in [3.8, 4) is 0 Å². The summed E-state index contributed by atoms with van der Waals surface area (Å²) >= 11 is 1.10. The zero-order valence-corrected chi connectivity index (χ0v) is 3.66. The van der Waals surface area contributed by atoms with Crippen LogP contribution in [0.25, 0.3) is 0 Å². The highest BCUT2D eigenvalue weighted by Gasteiger charge is 1.75. The van der Waals surface area contributed by atoms with E-state index in [9.17, 15) is 0 Å². The Balaban J connectivity index is 2.19. The standard InChI is InChI=1S/CH4BO2S/c1-5-4-2-3/h3H,1H3. The second-order valence-electron chi connectivity index (χ2n) is 0.368. The molecule has 2 nitrogen and oxygen atoms in total. The van der Waals surface area contributed by atoms with Crippen molar-refractivity contribution in [1.29, 1.82) is 0 Å². The third-order valence-electron chi connectivity index (χ3n) is 0.139. The molecule has 29 valence electrons. The van der Waals surface area contributed by atoms with Gasteiger partial charge in [0.2, 0.25) is 0 Å². The van der Waals surface area contributed by atoms with E-state index in [2.05, 4.69) is 4.10 Å². The van der Waals surface area contributed by atoms with Crippen molar-refractivity contribution in [2.24, 2.45) is 0 Å². The lowest BCUT2D eigenvalue weighted by Gasteiger charge is -1.80. The lowest BCUT2D eigenvalue weighted by atomic mass is 10.5. The molecule has 1 radical (unpaired) electrons. The summed E-state index contributed by atoms with van der Waals surface area (Å²) in [5.41, 5.74) is 0. The highest BCUT2D eigenvalue weighted by Crippen LogP contribution is 1.86. The van der Waals surface area contributed by atoms with Crippen LogP contribution in [-0.4, -0.2) is 19.0 Å². The maximum absolute atomic E-state index is 7.70. The molecule has 0 spiro atoms. The van der Waals surface area contributed by atoms with Gasteiger partial charge >= 0.3 is 7.69 Å². The lowest BCUT2D eigenvalue weighted by molar-refractivity contribution is 0.492. The molecule has 0 saturated carbocycles. The van der Waals surface area contributed by atoms with E-state index >= 15 is 0 Å². The second kappa shape index (κ2) is 4.33. The monoisotopic (exact) mass is 91.0 g/mol. The van der Waals surface area contributed by atoms with E-state index in [0.717, 1.165) is 12.0 Å². The Hall–Kier alpha value is 0.335. The fraction of sp³-hybridized carbons (Fsp3) is 1.00. The van der Waals surface area contributed by atoms with E-state index in [0.29, 0.717) is 7.69 Å². The molecule has 0 aliphatic heterocycles. The van der Waals surface area contributed by atoms with Crippen molar-refractivity contribution in [1.82, 2.24) is 0 Å². The molecule has 0 saturated heterocycles. The van der Waals surface area contributed by atoms with Crippen LogP contribution < -0.4 is 0 Å². The smallest absolute Gasteiger partial charge is 0.428 e. The van der Waals surface area contributed by atoms with Gasteiger partial charge in [0.1, 0.15) is 0 Å². The van der Waals surface area contributed by atoms with Gasteiger partial charge in [0.25, 0.3) is 0 Å². The molecule has 0 aromatic heterocycles. The highest BCUT2D eigenvalue weighted by molar-refractivity contribution is 7.94. The fourth-order valence-corrected chi connectivity index (χ4v) is 0.129. The van der Waals surface area contributed by atoms with E-state index in [1.165, 1.54) is 0 Å². The van der Waals surface area contributed by atoms with Crippen molar-refractivity contribution < 1.29 is 9.12 Å². The van der Waals surface area contributed by atoms with Crippen molar-refractivity contribution in [3.63, 3.8) is 0 Å². The Morgan fingerprint density at radius 2 is 2.60 bits per heavy atom. The molecule has 5 heavy (non-hydrogen) atoms. The zero-order chi connectivity index (χ0) is 4.12. The van der Waals surface area contributed by atoms with Crippen LogP contribution in [0.4, 0.5) is 0 Å². The third kappa shape index (κ3) is 4.33. The maximum Gasteiger partial charge on any atom is 0.497 e. The number of hydrogen-bond donors (Lipinski definition) is 1. The van der Waals surface area contributed by atoms with Crippen molar-refractivity contribution in [2.45, 2.75) is 0 Å². The molecular formula is CH4BO2S. The van der Waals surface area contributed by atoms with Crippen molar-refractivity contribution in [3.05, 3.63) is 0 Å². The van der Waals surface area contributed by atoms with Crippen LogP contribution in [0.3, 0.4) is 0 Å². The molecular weight excluding hydrogens is 86.9 g/mol. The van der Waals surface area contributed by atoms with Crippen molar-refractivity contribution >= 4 is 19.7 Å². The molecule has 0 atom stereocenters. The molecule has 0 amide bonds. The topological polar surface area (TPSA) is 29.5 Å². The summed E-state index contributed by atoms with van der Waals surface area (Å²) in [6.45, 7) is 0. The van der Waals surface area contributed by atoms with Crippen LogP contribution in [0.2, 0.25) is 0 Å². The van der Waals surface area contributed by atoms with Gasteiger partial charge < -0.3 is 9.12 Å². The van der Waals surface area contributed by atoms with Crippen LogP contribution >= 0.6 is 12.0 Å². The molecule has 4 heteroatoms. The van der Waals surface area contributed by atoms with Gasteiger partial charge in [0.05, 0.1) is 0 Å². The Kier molecular flexibility index (Phi) is 4.63. The van der Waals surface area contributed by atoms with E-state index in [1.54, 1.807) is 6.26 Å². The van der Waals surface area contributed by atoms with Crippen LogP contribution in [0, 0.1) is 0 Å². The normalized spacial score (nSPS) is 7.60. The summed E-state index contributed by atoms with van der Waals surface area (Å²) in [6, 6.07) is 0.